The van der Waals surface area contributed by atoms with Crippen LogP contribution in [0, 0.1) is 0 Å². The van der Waals surface area contributed by atoms with E-state index in [9.17, 15) is 4.79 Å². The Hall–Kier alpha value is -2.72. The van der Waals surface area contributed by atoms with Crippen LogP contribution >= 0.6 is 22.9 Å². The fourth-order valence-corrected chi connectivity index (χ4v) is 5.63. The Bertz CT molecular complexity index is 1410. The van der Waals surface area contributed by atoms with Crippen molar-refractivity contribution in [2.45, 2.75) is 58.5 Å². The number of primary amides is 1. The van der Waals surface area contributed by atoms with Gasteiger partial charge in [-0.2, -0.15) is 0 Å². The zero-order valence-corrected chi connectivity index (χ0v) is 23.9. The summed E-state index contributed by atoms with van der Waals surface area (Å²) in [4.78, 5) is 21.7. The zero-order valence-electron chi connectivity index (χ0n) is 21.3. The molecule has 0 aliphatic carbocycles. The topological polar surface area (TPSA) is 92.3 Å². The third-order valence-corrected chi connectivity index (χ3v) is 12.6. The minimum Gasteiger partial charge on any atom is -0.484 e. The Morgan fingerprint density at radius 3 is 2.61 bits per heavy atom. The van der Waals surface area contributed by atoms with Gasteiger partial charge in [-0.05, 0) is 37.2 Å². The van der Waals surface area contributed by atoms with Crippen LogP contribution in [0.2, 0.25) is 23.2 Å². The Morgan fingerprint density at radius 2 is 1.94 bits per heavy atom. The molecule has 2 N–H and O–H groups in total. The van der Waals surface area contributed by atoms with E-state index in [2.05, 4.69) is 43.8 Å². The number of nitrogens with zero attached hydrogens (tertiary/aromatic N) is 3. The highest BCUT2D eigenvalue weighted by Gasteiger charge is 2.37. The number of thiophene rings is 1. The van der Waals surface area contributed by atoms with Gasteiger partial charge < -0.3 is 14.9 Å². The molecular weight excluding hydrogens is 512 g/mol. The molecule has 1 aromatic carbocycles. The SMILES string of the molecule is CC(Oc1cc(-n2cnc3cc(CO[Si](C)(C)C(C)(C)C)ncc32)sc1C(N)=O)c1ccccc1Cl. The van der Waals surface area contributed by atoms with Crippen molar-refractivity contribution in [3.05, 3.63) is 70.1 Å². The molecule has 0 aliphatic rings. The minimum atomic E-state index is -1.89. The number of ether oxygens (including phenoxy) is 1. The van der Waals surface area contributed by atoms with Crippen LogP contribution in [0.1, 0.15) is 54.7 Å². The molecule has 4 aromatic rings. The van der Waals surface area contributed by atoms with Crippen LogP contribution in [0.25, 0.3) is 16.0 Å². The molecule has 36 heavy (non-hydrogen) atoms. The van der Waals surface area contributed by atoms with Crippen molar-refractivity contribution in [3.8, 4) is 10.8 Å². The van der Waals surface area contributed by atoms with Crippen molar-refractivity contribution in [1.82, 2.24) is 14.5 Å². The number of carbonyl (C=O) groups excluding carboxylic acids is 1. The van der Waals surface area contributed by atoms with E-state index < -0.39 is 14.2 Å². The first kappa shape index (κ1) is 26.3. The van der Waals surface area contributed by atoms with Gasteiger partial charge in [0.25, 0.3) is 5.91 Å². The molecule has 3 heterocycles. The monoisotopic (exact) mass is 542 g/mol. The fourth-order valence-electron chi connectivity index (χ4n) is 3.47. The number of fused-ring (bicyclic) bond motifs is 1. The van der Waals surface area contributed by atoms with E-state index in [1.165, 1.54) is 11.3 Å². The average Bonchev–Trinajstić information content (AvgIpc) is 3.41. The van der Waals surface area contributed by atoms with Gasteiger partial charge >= 0.3 is 0 Å². The molecular formula is C26H31ClN4O3SSi. The van der Waals surface area contributed by atoms with Crippen molar-refractivity contribution < 1.29 is 14.0 Å². The van der Waals surface area contributed by atoms with E-state index in [1.807, 2.05) is 35.8 Å². The average molecular weight is 543 g/mol. The van der Waals surface area contributed by atoms with Crippen molar-refractivity contribution in [3.63, 3.8) is 0 Å². The molecule has 4 rings (SSSR count). The number of rotatable bonds is 8. The highest BCUT2D eigenvalue weighted by atomic mass is 35.5. The molecule has 3 aromatic heterocycles. The largest absolute Gasteiger partial charge is 0.484 e. The second-order valence-corrected chi connectivity index (χ2v) is 16.5. The molecule has 0 radical (unpaired) electrons. The Morgan fingerprint density at radius 1 is 1.22 bits per heavy atom. The molecule has 1 unspecified atom stereocenters. The minimum absolute atomic E-state index is 0.124. The summed E-state index contributed by atoms with van der Waals surface area (Å²) in [5, 5.41) is 1.47. The number of benzene rings is 1. The van der Waals surface area contributed by atoms with Crippen LogP contribution in [-0.2, 0) is 11.0 Å². The number of amides is 1. The van der Waals surface area contributed by atoms with E-state index in [-0.39, 0.29) is 11.1 Å². The third kappa shape index (κ3) is 5.34. The number of imidazole rings is 1. The van der Waals surface area contributed by atoms with Crippen LogP contribution in [0.5, 0.6) is 5.75 Å². The normalized spacial score (nSPS) is 13.2. The lowest BCUT2D eigenvalue weighted by Crippen LogP contribution is -2.40. The summed E-state index contributed by atoms with van der Waals surface area (Å²) in [5.41, 5.74) is 8.94. The molecule has 0 bridgehead atoms. The first-order valence-electron chi connectivity index (χ1n) is 11.7. The molecule has 0 saturated heterocycles. The van der Waals surface area contributed by atoms with Crippen molar-refractivity contribution in [2.24, 2.45) is 5.73 Å². The summed E-state index contributed by atoms with van der Waals surface area (Å²) < 4.78 is 14.3. The number of pyridine rings is 1. The molecule has 190 valence electrons. The van der Waals surface area contributed by atoms with Gasteiger partial charge in [0.2, 0.25) is 0 Å². The van der Waals surface area contributed by atoms with Crippen LogP contribution < -0.4 is 10.5 Å². The third-order valence-electron chi connectivity index (χ3n) is 6.67. The van der Waals surface area contributed by atoms with Gasteiger partial charge in [-0.1, -0.05) is 50.6 Å². The number of hydrogen-bond acceptors (Lipinski definition) is 6. The van der Waals surface area contributed by atoms with Gasteiger partial charge in [-0.15, -0.1) is 11.3 Å². The standard InChI is InChI=1S/C26H31ClN4O3SSi/c1-16(18-9-7-8-10-19(18)27)34-22-12-23(35-24(22)25(28)32)31-15-30-20-11-17(29-13-21(20)31)14-33-36(5,6)26(2,3)4/h7-13,15-16H,14H2,1-6H3,(H2,28,32). The number of halogens is 1. The second kappa shape index (κ2) is 9.97. The van der Waals surface area contributed by atoms with E-state index in [0.717, 1.165) is 27.3 Å². The maximum atomic E-state index is 12.2. The molecule has 0 fully saturated rings. The van der Waals surface area contributed by atoms with Crippen LogP contribution in [0.4, 0.5) is 0 Å². The van der Waals surface area contributed by atoms with E-state index in [4.69, 9.17) is 26.5 Å². The summed E-state index contributed by atoms with van der Waals surface area (Å²) in [7, 11) is -1.89. The first-order chi connectivity index (χ1) is 16.9. The summed E-state index contributed by atoms with van der Waals surface area (Å²) in [5.74, 6) is -0.149. The lowest BCUT2D eigenvalue weighted by molar-refractivity contribution is 0.0998. The van der Waals surface area contributed by atoms with Gasteiger partial charge in [0.15, 0.2) is 8.32 Å². The van der Waals surface area contributed by atoms with Crippen molar-refractivity contribution >= 4 is 48.2 Å². The first-order valence-corrected chi connectivity index (χ1v) is 15.8. The van der Waals surface area contributed by atoms with Gasteiger partial charge in [-0.3, -0.25) is 14.3 Å². The second-order valence-electron chi connectivity index (χ2n) is 10.3. The van der Waals surface area contributed by atoms with Crippen molar-refractivity contribution in [2.75, 3.05) is 0 Å². The van der Waals surface area contributed by atoms with Crippen LogP contribution in [0.15, 0.2) is 48.9 Å². The highest BCUT2D eigenvalue weighted by Crippen LogP contribution is 2.38. The molecule has 1 atom stereocenters. The fraction of sp³-hybridized carbons (Fsp3) is 0.346. The number of carbonyl (C=O) groups is 1. The van der Waals surface area contributed by atoms with E-state index >= 15 is 0 Å². The van der Waals surface area contributed by atoms with Gasteiger partial charge in [0.1, 0.15) is 28.1 Å². The highest BCUT2D eigenvalue weighted by molar-refractivity contribution is 7.16. The number of aromatic nitrogens is 3. The Kier molecular flexibility index (Phi) is 7.30. The lowest BCUT2D eigenvalue weighted by atomic mass is 10.1. The molecule has 0 aliphatic heterocycles. The number of hydrogen-bond donors (Lipinski definition) is 1. The molecule has 0 spiro atoms. The van der Waals surface area contributed by atoms with Gasteiger partial charge in [-0.25, -0.2) is 4.98 Å². The van der Waals surface area contributed by atoms with Crippen LogP contribution in [0.3, 0.4) is 0 Å². The van der Waals surface area contributed by atoms with E-state index in [0.29, 0.717) is 22.3 Å². The molecule has 0 saturated carbocycles. The van der Waals surface area contributed by atoms with Gasteiger partial charge in [0, 0.05) is 16.7 Å². The maximum absolute atomic E-state index is 12.2. The summed E-state index contributed by atoms with van der Waals surface area (Å²) >= 11 is 7.57. The van der Waals surface area contributed by atoms with E-state index in [1.54, 1.807) is 24.7 Å². The Balaban J connectivity index is 1.60. The molecule has 7 nitrogen and oxygen atoms in total. The summed E-state index contributed by atoms with van der Waals surface area (Å²) in [6, 6.07) is 11.2. The van der Waals surface area contributed by atoms with Gasteiger partial charge in [0.05, 0.1) is 29.5 Å². The quantitative estimate of drug-likeness (QED) is 0.244. The molecule has 10 heteroatoms. The van der Waals surface area contributed by atoms with Crippen LogP contribution in [-0.4, -0.2) is 28.8 Å². The van der Waals surface area contributed by atoms with Crippen molar-refractivity contribution in [1.29, 1.82) is 0 Å². The Labute approximate surface area is 221 Å². The molecule has 1 amide bonds. The zero-order chi connectivity index (χ0) is 26.3. The predicted molar refractivity (Wildman–Crippen MR) is 148 cm³/mol. The number of nitrogens with two attached hydrogens (primary N) is 1. The predicted octanol–water partition coefficient (Wildman–Crippen LogP) is 6.90. The summed E-state index contributed by atoms with van der Waals surface area (Å²) in [6.07, 6.45) is 3.12. The lowest BCUT2D eigenvalue weighted by Gasteiger charge is -2.36. The summed E-state index contributed by atoms with van der Waals surface area (Å²) in [6.45, 7) is 13.4. The maximum Gasteiger partial charge on any atom is 0.262 e. The smallest absolute Gasteiger partial charge is 0.262 e.